The predicted molar refractivity (Wildman–Crippen MR) is 187 cm³/mol. The minimum atomic E-state index is -0.930. The molecule has 0 aliphatic carbocycles. The van der Waals surface area contributed by atoms with E-state index in [0.29, 0.717) is 37.7 Å². The number of thioether (sulfide) groups is 8. The number of amides is 1. The summed E-state index contributed by atoms with van der Waals surface area (Å²) in [5, 5.41) is 15.7. The lowest BCUT2D eigenvalue weighted by molar-refractivity contribution is -0.210. The van der Waals surface area contributed by atoms with Crippen LogP contribution < -0.4 is 5.32 Å². The molecule has 0 aromatic rings. The van der Waals surface area contributed by atoms with E-state index in [0.717, 1.165) is 54.9 Å². The number of aliphatic imine (C=N–C) groups is 2. The van der Waals surface area contributed by atoms with Crippen LogP contribution in [0.25, 0.3) is 0 Å². The van der Waals surface area contributed by atoms with Gasteiger partial charge in [-0.25, -0.2) is 4.99 Å². The number of carbonyl (C=O) groups excluding carboxylic acids is 1. The number of aliphatic hydroxyl groups is 1. The van der Waals surface area contributed by atoms with Crippen molar-refractivity contribution in [3.05, 3.63) is 0 Å². The number of nitrogens with one attached hydrogen (secondary N) is 1. The van der Waals surface area contributed by atoms with Gasteiger partial charge in [0.25, 0.3) is 5.24 Å². The molecular formula is C21H41N3O5S9. The zero-order valence-corrected chi connectivity index (χ0v) is 29.2. The fraction of sp³-hybridized carbons (Fsp3) is 0.857. The number of hydrogen-bond acceptors (Lipinski definition) is 15. The quantitative estimate of drug-likeness (QED) is 0.0204. The van der Waals surface area contributed by atoms with Gasteiger partial charge in [-0.1, -0.05) is 11.8 Å². The van der Waals surface area contributed by atoms with Crippen molar-refractivity contribution < 1.29 is 24.2 Å². The van der Waals surface area contributed by atoms with Crippen molar-refractivity contribution in [2.75, 3.05) is 99.2 Å². The van der Waals surface area contributed by atoms with Crippen LogP contribution in [-0.4, -0.2) is 126 Å². The third-order valence-corrected chi connectivity index (χ3v) is 14.1. The van der Waals surface area contributed by atoms with E-state index in [1.165, 1.54) is 18.2 Å². The van der Waals surface area contributed by atoms with Gasteiger partial charge in [-0.2, -0.15) is 28.4 Å². The van der Waals surface area contributed by atoms with Gasteiger partial charge in [0.2, 0.25) is 11.9 Å². The number of nitrogens with zero attached hydrogens (tertiary/aromatic N) is 2. The Hall–Kier alpha value is 1.64. The molecule has 0 radical (unpaired) electrons. The first-order valence-electron chi connectivity index (χ1n) is 11.9. The molecule has 2 N–H and O–H groups in total. The van der Waals surface area contributed by atoms with Crippen LogP contribution >= 0.6 is 94.1 Å². The van der Waals surface area contributed by atoms with Gasteiger partial charge in [0, 0.05) is 73.7 Å². The summed E-state index contributed by atoms with van der Waals surface area (Å²) in [6, 6.07) is 0. The largest absolute Gasteiger partial charge is 0.611 e. The van der Waals surface area contributed by atoms with E-state index in [1.807, 2.05) is 77.5 Å². The van der Waals surface area contributed by atoms with Gasteiger partial charge in [0.15, 0.2) is 0 Å². The number of rotatable bonds is 29. The van der Waals surface area contributed by atoms with E-state index in [9.17, 15) is 9.35 Å². The van der Waals surface area contributed by atoms with E-state index in [4.69, 9.17) is 14.9 Å². The molecule has 0 aromatic heterocycles. The molecule has 0 saturated heterocycles. The molecule has 0 saturated carbocycles. The third-order valence-electron chi connectivity index (χ3n) is 3.54. The van der Waals surface area contributed by atoms with Crippen molar-refractivity contribution in [2.45, 2.75) is 6.92 Å². The SMILES string of the molecule is CC/N=C/[S+]([O-])CCSCSCSCCSC(=O)NCCSCSCSCC/N=C/OOCCSCCO. The molecule has 0 spiro atoms. The van der Waals surface area contributed by atoms with E-state index in [-0.39, 0.29) is 11.8 Å². The minimum Gasteiger partial charge on any atom is -0.611 e. The Bertz CT molecular complexity index is 572. The van der Waals surface area contributed by atoms with Gasteiger partial charge < -0.3 is 19.9 Å². The van der Waals surface area contributed by atoms with Gasteiger partial charge in [-0.05, 0) is 18.1 Å². The first kappa shape index (κ1) is 39.6. The van der Waals surface area contributed by atoms with Crippen molar-refractivity contribution in [3.63, 3.8) is 0 Å². The zero-order valence-electron chi connectivity index (χ0n) is 21.8. The summed E-state index contributed by atoms with van der Waals surface area (Å²) in [6.45, 7) is 4.68. The Balaban J connectivity index is 3.24. The maximum Gasteiger partial charge on any atom is 0.279 e. The van der Waals surface area contributed by atoms with Crippen LogP contribution in [-0.2, 0) is 21.0 Å². The molecule has 38 heavy (non-hydrogen) atoms. The summed E-state index contributed by atoms with van der Waals surface area (Å²) in [5.41, 5.74) is 1.55. The Morgan fingerprint density at radius 3 is 2.34 bits per heavy atom. The van der Waals surface area contributed by atoms with Gasteiger partial charge >= 0.3 is 0 Å². The summed E-state index contributed by atoms with van der Waals surface area (Å²) < 4.78 is 11.6. The summed E-state index contributed by atoms with van der Waals surface area (Å²) >= 11 is 13.1. The maximum absolute atomic E-state index is 11.9. The lowest BCUT2D eigenvalue weighted by atomic mass is 10.8. The highest BCUT2D eigenvalue weighted by molar-refractivity contribution is 8.23. The van der Waals surface area contributed by atoms with E-state index < -0.39 is 11.2 Å². The van der Waals surface area contributed by atoms with E-state index in [1.54, 1.807) is 17.3 Å². The molecule has 224 valence electrons. The molecule has 17 heteroatoms. The molecular weight excluding hydrogens is 663 g/mol. The van der Waals surface area contributed by atoms with Crippen LogP contribution in [0.1, 0.15) is 6.92 Å². The van der Waals surface area contributed by atoms with Crippen LogP contribution in [0.4, 0.5) is 4.79 Å². The van der Waals surface area contributed by atoms with Crippen molar-refractivity contribution >= 4 is 122 Å². The molecule has 1 atom stereocenters. The average Bonchev–Trinajstić information content (AvgIpc) is 2.92. The van der Waals surface area contributed by atoms with Gasteiger partial charge in [0.1, 0.15) is 12.4 Å². The molecule has 1 amide bonds. The van der Waals surface area contributed by atoms with Crippen LogP contribution in [0.15, 0.2) is 9.98 Å². The Morgan fingerprint density at radius 2 is 1.61 bits per heavy atom. The highest BCUT2D eigenvalue weighted by Gasteiger charge is 2.03. The van der Waals surface area contributed by atoms with Crippen LogP contribution in [0.2, 0.25) is 0 Å². The van der Waals surface area contributed by atoms with E-state index >= 15 is 0 Å². The highest BCUT2D eigenvalue weighted by Crippen LogP contribution is 2.19. The summed E-state index contributed by atoms with van der Waals surface area (Å²) in [7, 11) is 0. The maximum atomic E-state index is 11.9. The van der Waals surface area contributed by atoms with Crippen LogP contribution in [0.5, 0.6) is 0 Å². The smallest absolute Gasteiger partial charge is 0.279 e. The second-order valence-electron chi connectivity index (χ2n) is 6.53. The fourth-order valence-electron chi connectivity index (χ4n) is 1.90. The molecule has 0 heterocycles. The number of carbonyl (C=O) groups is 1. The lowest BCUT2D eigenvalue weighted by Crippen LogP contribution is -2.22. The second-order valence-corrected chi connectivity index (χ2v) is 18.1. The van der Waals surface area contributed by atoms with Gasteiger partial charge in [0.05, 0.1) is 13.2 Å². The summed E-state index contributed by atoms with van der Waals surface area (Å²) in [4.78, 5) is 29.8. The zero-order chi connectivity index (χ0) is 27.8. The summed E-state index contributed by atoms with van der Waals surface area (Å²) in [5.74, 6) is 6.71. The molecule has 0 aliphatic heterocycles. The van der Waals surface area contributed by atoms with Crippen LogP contribution in [0.3, 0.4) is 0 Å². The predicted octanol–water partition coefficient (Wildman–Crippen LogP) is 5.16. The first-order valence-corrected chi connectivity index (χ1v) is 22.3. The first-order chi connectivity index (χ1) is 18.7. The molecule has 8 nitrogen and oxygen atoms in total. The molecule has 0 aromatic carbocycles. The number of aliphatic hydroxyl groups excluding tert-OH is 1. The number of hydrogen-bond donors (Lipinski definition) is 2. The Labute approximate surface area is 266 Å². The normalized spacial score (nSPS) is 12.5. The molecule has 1 unspecified atom stereocenters. The van der Waals surface area contributed by atoms with E-state index in [2.05, 4.69) is 15.3 Å². The third kappa shape index (κ3) is 33.8. The monoisotopic (exact) mass is 703 g/mol. The molecule has 0 rings (SSSR count). The lowest BCUT2D eigenvalue weighted by Gasteiger charge is -2.06. The average molecular weight is 704 g/mol. The Kier molecular flexibility index (Phi) is 36.3. The standard InChI is InChI=1S/C21H41N3O5S9/c1-2-22-16-38(27)14-13-34-20-36-19-33-11-12-37-21(26)24-4-8-32-18-35-17-31-7-3-23-15-29-28-6-10-30-9-5-25/h15-16,25H,2-14,17-20H2,1H3,(H,24,26)/b22-16+,23-15+. The fourth-order valence-corrected chi connectivity index (χ4v) is 11.2. The summed E-state index contributed by atoms with van der Waals surface area (Å²) in [6.07, 6.45) is 1.34. The van der Waals surface area contributed by atoms with Crippen LogP contribution in [0, 0.1) is 0 Å². The van der Waals surface area contributed by atoms with Crippen molar-refractivity contribution in [2.24, 2.45) is 9.98 Å². The van der Waals surface area contributed by atoms with Crippen molar-refractivity contribution in [1.29, 1.82) is 0 Å². The minimum absolute atomic E-state index is 0.0627. The second kappa shape index (κ2) is 34.8. The molecule has 0 aliphatic rings. The van der Waals surface area contributed by atoms with Crippen molar-refractivity contribution in [3.8, 4) is 0 Å². The van der Waals surface area contributed by atoms with Gasteiger partial charge in [-0.15, -0.1) is 58.8 Å². The highest BCUT2D eigenvalue weighted by atomic mass is 32.2. The molecule has 0 fully saturated rings. The van der Waals surface area contributed by atoms with Crippen molar-refractivity contribution in [1.82, 2.24) is 5.32 Å². The topological polar surface area (TPSA) is 116 Å². The molecule has 0 bridgehead atoms. The Morgan fingerprint density at radius 1 is 0.895 bits per heavy atom. The van der Waals surface area contributed by atoms with Gasteiger partial charge in [-0.3, -0.25) is 9.79 Å².